The number of fused-ring (bicyclic) bond motifs is 1. The first kappa shape index (κ1) is 12.7. The quantitative estimate of drug-likeness (QED) is 0.727. The fourth-order valence-corrected chi connectivity index (χ4v) is 3.86. The van der Waals surface area contributed by atoms with Crippen LogP contribution in [0.5, 0.6) is 0 Å². The largest absolute Gasteiger partial charge is 0.298 e. The van der Waals surface area contributed by atoms with Crippen LogP contribution in [-0.2, 0) is 4.79 Å². The normalized spacial score (nSPS) is 20.4. The third-order valence-corrected chi connectivity index (χ3v) is 5.06. The van der Waals surface area contributed by atoms with Crippen molar-refractivity contribution in [1.82, 2.24) is 0 Å². The molecule has 2 heteroatoms. The lowest BCUT2D eigenvalue weighted by atomic mass is 10.1. The van der Waals surface area contributed by atoms with Crippen molar-refractivity contribution in [1.29, 1.82) is 0 Å². The first-order valence-corrected chi connectivity index (χ1v) is 7.89. The van der Waals surface area contributed by atoms with E-state index in [9.17, 15) is 4.79 Å². The molecule has 0 saturated heterocycles. The van der Waals surface area contributed by atoms with Gasteiger partial charge in [0, 0.05) is 11.3 Å². The van der Waals surface area contributed by atoms with Crippen LogP contribution in [0.3, 0.4) is 0 Å². The van der Waals surface area contributed by atoms with Crippen molar-refractivity contribution >= 4 is 28.3 Å². The third-order valence-electron chi connectivity index (χ3n) is 3.75. The van der Waals surface area contributed by atoms with E-state index in [-0.39, 0.29) is 5.25 Å². The summed E-state index contributed by atoms with van der Waals surface area (Å²) in [4.78, 5) is 13.3. The molecule has 19 heavy (non-hydrogen) atoms. The van der Waals surface area contributed by atoms with E-state index in [1.165, 1.54) is 28.5 Å². The highest BCUT2D eigenvalue weighted by Crippen LogP contribution is 2.32. The highest BCUT2D eigenvalue weighted by Gasteiger charge is 2.21. The number of carbonyl (C=O) groups excluding carboxylic acids is 1. The van der Waals surface area contributed by atoms with Gasteiger partial charge in [0.15, 0.2) is 0 Å². The van der Waals surface area contributed by atoms with Gasteiger partial charge in [0.1, 0.15) is 5.78 Å². The molecule has 1 aliphatic carbocycles. The number of ketones is 1. The van der Waals surface area contributed by atoms with Crippen molar-refractivity contribution in [2.24, 2.45) is 0 Å². The topological polar surface area (TPSA) is 17.1 Å². The molecule has 3 rings (SSSR count). The fourth-order valence-electron chi connectivity index (χ4n) is 2.66. The second-order valence-corrected chi connectivity index (χ2v) is 6.46. The Morgan fingerprint density at radius 2 is 1.79 bits per heavy atom. The fraction of sp³-hybridized carbons (Fsp3) is 0.353. The molecule has 1 aliphatic rings. The van der Waals surface area contributed by atoms with Gasteiger partial charge < -0.3 is 0 Å². The molecular formula is C17H18OS. The number of rotatable bonds is 2. The molecule has 0 aliphatic heterocycles. The first-order chi connectivity index (χ1) is 9.33. The van der Waals surface area contributed by atoms with Crippen molar-refractivity contribution in [2.45, 2.75) is 42.2 Å². The van der Waals surface area contributed by atoms with Gasteiger partial charge in [0.05, 0.1) is 5.25 Å². The van der Waals surface area contributed by atoms with Gasteiger partial charge >= 0.3 is 0 Å². The Morgan fingerprint density at radius 1 is 0.947 bits per heavy atom. The zero-order chi connectivity index (χ0) is 13.1. The number of Topliss-reactive ketones (excluding diaryl/α,β-unsaturated/α-hetero) is 1. The van der Waals surface area contributed by atoms with Gasteiger partial charge in [-0.1, -0.05) is 43.2 Å². The first-order valence-electron chi connectivity index (χ1n) is 7.01. The zero-order valence-corrected chi connectivity index (χ0v) is 11.8. The molecule has 1 saturated carbocycles. The average molecular weight is 270 g/mol. The van der Waals surface area contributed by atoms with E-state index in [0.717, 1.165) is 19.3 Å². The van der Waals surface area contributed by atoms with E-state index < -0.39 is 0 Å². The van der Waals surface area contributed by atoms with Crippen molar-refractivity contribution in [3.05, 3.63) is 42.5 Å². The summed E-state index contributed by atoms with van der Waals surface area (Å²) in [6.45, 7) is 0. The van der Waals surface area contributed by atoms with Gasteiger partial charge in [-0.3, -0.25) is 4.79 Å². The Kier molecular flexibility index (Phi) is 3.88. The number of carbonyl (C=O) groups is 1. The molecule has 2 aromatic rings. The molecule has 1 unspecified atom stereocenters. The molecule has 0 heterocycles. The molecule has 0 radical (unpaired) electrons. The number of hydrogen-bond donors (Lipinski definition) is 0. The summed E-state index contributed by atoms with van der Waals surface area (Å²) in [5, 5.41) is 2.69. The maximum absolute atomic E-state index is 12.1. The Bertz CT molecular complexity index is 591. The van der Waals surface area contributed by atoms with E-state index in [0.29, 0.717) is 5.78 Å². The van der Waals surface area contributed by atoms with Gasteiger partial charge in [-0.25, -0.2) is 0 Å². The summed E-state index contributed by atoms with van der Waals surface area (Å²) in [7, 11) is 0. The van der Waals surface area contributed by atoms with Gasteiger partial charge in [0.25, 0.3) is 0 Å². The van der Waals surface area contributed by atoms with Gasteiger partial charge in [0.2, 0.25) is 0 Å². The van der Waals surface area contributed by atoms with Crippen molar-refractivity contribution in [2.75, 3.05) is 0 Å². The highest BCUT2D eigenvalue weighted by molar-refractivity contribution is 8.00. The average Bonchev–Trinajstić information content (AvgIpc) is 2.64. The van der Waals surface area contributed by atoms with Crippen LogP contribution in [0.25, 0.3) is 10.8 Å². The van der Waals surface area contributed by atoms with E-state index in [2.05, 4.69) is 42.5 Å². The van der Waals surface area contributed by atoms with Crippen LogP contribution in [0.1, 0.15) is 32.1 Å². The minimum absolute atomic E-state index is 0.170. The lowest BCUT2D eigenvalue weighted by molar-refractivity contribution is -0.118. The SMILES string of the molecule is O=C1CCCCCC1Sc1ccc2ccccc2c1. The summed E-state index contributed by atoms with van der Waals surface area (Å²) >= 11 is 1.75. The third kappa shape index (κ3) is 3.01. The van der Waals surface area contributed by atoms with Crippen LogP contribution in [0, 0.1) is 0 Å². The van der Waals surface area contributed by atoms with Crippen LogP contribution in [0.15, 0.2) is 47.4 Å². The molecule has 2 aromatic carbocycles. The monoisotopic (exact) mass is 270 g/mol. The van der Waals surface area contributed by atoms with E-state index >= 15 is 0 Å². The minimum atomic E-state index is 0.170. The molecule has 0 N–H and O–H groups in total. The number of benzene rings is 2. The van der Waals surface area contributed by atoms with Crippen molar-refractivity contribution in [3.63, 3.8) is 0 Å². The van der Waals surface area contributed by atoms with Gasteiger partial charge in [-0.2, -0.15) is 0 Å². The van der Waals surface area contributed by atoms with E-state index in [1.54, 1.807) is 11.8 Å². The lowest BCUT2D eigenvalue weighted by Crippen LogP contribution is -2.14. The zero-order valence-electron chi connectivity index (χ0n) is 11.0. The summed E-state index contributed by atoms with van der Waals surface area (Å²) in [5.74, 6) is 0.440. The van der Waals surface area contributed by atoms with Gasteiger partial charge in [-0.05, 0) is 35.7 Å². The number of thioether (sulfide) groups is 1. The van der Waals surface area contributed by atoms with Crippen LogP contribution in [0.2, 0.25) is 0 Å². The Hall–Kier alpha value is -1.28. The Morgan fingerprint density at radius 3 is 2.68 bits per heavy atom. The maximum atomic E-state index is 12.1. The van der Waals surface area contributed by atoms with Crippen LogP contribution < -0.4 is 0 Å². The summed E-state index contributed by atoms with van der Waals surface area (Å²) < 4.78 is 0. The molecule has 0 amide bonds. The van der Waals surface area contributed by atoms with Crippen molar-refractivity contribution in [3.8, 4) is 0 Å². The molecule has 1 nitrogen and oxygen atoms in total. The molecule has 0 spiro atoms. The summed E-state index contributed by atoms with van der Waals surface area (Å²) in [6, 6.07) is 14.9. The maximum Gasteiger partial charge on any atom is 0.146 e. The smallest absolute Gasteiger partial charge is 0.146 e. The second-order valence-electron chi connectivity index (χ2n) is 5.18. The standard InChI is InChI=1S/C17H18OS/c18-16-8-2-1-3-9-17(16)19-15-11-10-13-6-4-5-7-14(13)12-15/h4-7,10-12,17H,1-3,8-9H2. The van der Waals surface area contributed by atoms with E-state index in [1.807, 2.05) is 0 Å². The Balaban J connectivity index is 1.82. The molecule has 1 atom stereocenters. The summed E-state index contributed by atoms with van der Waals surface area (Å²) in [6.07, 6.45) is 5.28. The van der Waals surface area contributed by atoms with Gasteiger partial charge in [-0.15, -0.1) is 11.8 Å². The number of hydrogen-bond acceptors (Lipinski definition) is 2. The van der Waals surface area contributed by atoms with E-state index in [4.69, 9.17) is 0 Å². The van der Waals surface area contributed by atoms with Crippen LogP contribution >= 0.6 is 11.8 Å². The van der Waals surface area contributed by atoms with Crippen molar-refractivity contribution < 1.29 is 4.79 Å². The highest BCUT2D eigenvalue weighted by atomic mass is 32.2. The second kappa shape index (κ2) is 5.79. The predicted octanol–water partition coefficient (Wildman–Crippen LogP) is 4.83. The minimum Gasteiger partial charge on any atom is -0.298 e. The molecular weight excluding hydrogens is 252 g/mol. The molecule has 1 fully saturated rings. The Labute approximate surface area is 118 Å². The van der Waals surface area contributed by atoms with Crippen LogP contribution in [0.4, 0.5) is 0 Å². The molecule has 98 valence electrons. The summed E-state index contributed by atoms with van der Waals surface area (Å²) in [5.41, 5.74) is 0. The predicted molar refractivity (Wildman–Crippen MR) is 81.7 cm³/mol. The molecule has 0 aromatic heterocycles. The lowest BCUT2D eigenvalue weighted by Gasteiger charge is -2.12. The molecule has 0 bridgehead atoms. The van der Waals surface area contributed by atoms with Crippen LogP contribution in [-0.4, -0.2) is 11.0 Å².